The van der Waals surface area contributed by atoms with Crippen molar-refractivity contribution in [3.63, 3.8) is 0 Å². The molecule has 0 amide bonds. The monoisotopic (exact) mass is 621 g/mol. The van der Waals surface area contributed by atoms with E-state index in [2.05, 4.69) is 27.4 Å². The minimum absolute atomic E-state index is 0.0935. The van der Waals surface area contributed by atoms with Gasteiger partial charge < -0.3 is 0 Å². The first kappa shape index (κ1) is 31.1. The zero-order chi connectivity index (χ0) is 26.4. The molecule has 2 aromatic rings. The average Bonchev–Trinajstić information content (AvgIpc) is 2.91. The molecule has 2 rings (SSSR count). The van der Waals surface area contributed by atoms with E-state index in [0.29, 0.717) is 11.3 Å². The van der Waals surface area contributed by atoms with Crippen molar-refractivity contribution in [2.24, 2.45) is 0 Å². The second kappa shape index (κ2) is 16.0. The van der Waals surface area contributed by atoms with Crippen molar-refractivity contribution < 1.29 is 13.5 Å². The number of rotatable bonds is 18. The molecule has 0 aliphatic heterocycles. The fraction of sp³-hybridized carbons (Fsp3) is 0.533. The summed E-state index contributed by atoms with van der Waals surface area (Å²) in [6.45, 7) is 10.6. The summed E-state index contributed by atoms with van der Waals surface area (Å²) >= 11 is -3.17. The Morgan fingerprint density at radius 1 is 0.861 bits per heavy atom. The second-order valence-electron chi connectivity index (χ2n) is 9.97. The molecule has 200 valence electrons. The molecule has 0 heterocycles. The van der Waals surface area contributed by atoms with Crippen LogP contribution in [-0.4, -0.2) is 46.9 Å². The van der Waals surface area contributed by atoms with Gasteiger partial charge in [-0.3, -0.25) is 0 Å². The van der Waals surface area contributed by atoms with Crippen LogP contribution >= 0.6 is 0 Å². The standard InChI is InChI=1S/C18H20NO3S.3C4H9.Sn/c1-2-3-14-19(18(15-20)16-10-6-4-7-11-16)23(21,22)17-12-8-5-9-13-17;3*1-3-4-2;/h2,4-14,18,20H,1,3,15H2;3*1,3-4H2,2H3;/t18-;;;;/m0..../s1. The van der Waals surface area contributed by atoms with Gasteiger partial charge in [0, 0.05) is 0 Å². The summed E-state index contributed by atoms with van der Waals surface area (Å²) in [4.78, 5) is 0.301. The number of benzene rings is 2. The number of aliphatic hydroxyl groups excluding tert-OH is 1. The third-order valence-corrected chi connectivity index (χ3v) is 27.0. The van der Waals surface area contributed by atoms with Crippen LogP contribution in [0.25, 0.3) is 0 Å². The Labute approximate surface area is 224 Å². The van der Waals surface area contributed by atoms with Gasteiger partial charge in [-0.05, 0) is 0 Å². The fourth-order valence-corrected chi connectivity index (χ4v) is 27.9. The maximum absolute atomic E-state index is 14.5. The average molecular weight is 620 g/mol. The minimum atomic E-state index is -3.86. The molecule has 2 atom stereocenters. The molecule has 36 heavy (non-hydrogen) atoms. The van der Waals surface area contributed by atoms with Gasteiger partial charge in [0.15, 0.2) is 0 Å². The number of sulfonamides is 1. The molecule has 0 saturated heterocycles. The number of unbranched alkanes of at least 4 members (excludes halogenated alkanes) is 3. The first-order valence-electron chi connectivity index (χ1n) is 13.8. The molecule has 0 aliphatic rings. The van der Waals surface area contributed by atoms with Crippen LogP contribution in [0.5, 0.6) is 0 Å². The Balaban J connectivity index is 2.83. The van der Waals surface area contributed by atoms with Gasteiger partial charge >= 0.3 is 226 Å². The van der Waals surface area contributed by atoms with Gasteiger partial charge in [0.25, 0.3) is 0 Å². The van der Waals surface area contributed by atoms with Crippen molar-refractivity contribution in [1.29, 1.82) is 0 Å². The van der Waals surface area contributed by atoms with Crippen LogP contribution < -0.4 is 0 Å². The predicted octanol–water partition coefficient (Wildman–Crippen LogP) is 7.74. The molecule has 1 N–H and O–H groups in total. The Morgan fingerprint density at radius 2 is 1.33 bits per heavy atom. The van der Waals surface area contributed by atoms with E-state index < -0.39 is 34.4 Å². The quantitative estimate of drug-likeness (QED) is 0.137. The molecule has 0 aromatic heterocycles. The van der Waals surface area contributed by atoms with Crippen LogP contribution in [0.15, 0.2) is 78.2 Å². The summed E-state index contributed by atoms with van der Waals surface area (Å²) in [5.74, 6) is 0. The molecule has 2 aromatic carbocycles. The van der Waals surface area contributed by atoms with E-state index in [4.69, 9.17) is 0 Å². The number of hydrogen-bond donors (Lipinski definition) is 1. The molecule has 0 saturated carbocycles. The van der Waals surface area contributed by atoms with Crippen molar-refractivity contribution >= 4 is 28.4 Å². The van der Waals surface area contributed by atoms with Gasteiger partial charge in [-0.1, -0.05) is 0 Å². The van der Waals surface area contributed by atoms with Crippen molar-refractivity contribution in [2.75, 3.05) is 6.61 Å². The summed E-state index contributed by atoms with van der Waals surface area (Å²) in [5.41, 5.74) is 0.843. The van der Waals surface area contributed by atoms with Gasteiger partial charge in [0.1, 0.15) is 0 Å². The van der Waals surface area contributed by atoms with Gasteiger partial charge in [-0.2, -0.15) is 0 Å². The number of aliphatic hydroxyl groups is 1. The van der Waals surface area contributed by atoms with Crippen molar-refractivity contribution in [3.8, 4) is 0 Å². The van der Waals surface area contributed by atoms with E-state index >= 15 is 0 Å². The first-order chi connectivity index (χ1) is 17.4. The second-order valence-corrected chi connectivity index (χ2v) is 25.8. The molecule has 0 fully saturated rings. The van der Waals surface area contributed by atoms with E-state index in [-0.39, 0.29) is 10.7 Å². The zero-order valence-electron chi connectivity index (χ0n) is 22.6. The Bertz CT molecular complexity index is 960. The molecular formula is C30H47NO3SSn. The molecule has 0 radical (unpaired) electrons. The van der Waals surface area contributed by atoms with Crippen molar-refractivity contribution in [3.05, 3.63) is 78.9 Å². The van der Waals surface area contributed by atoms with Crippen LogP contribution in [0.1, 0.15) is 77.3 Å². The molecule has 6 heteroatoms. The Hall–Kier alpha value is -1.15. The molecule has 0 spiro atoms. The summed E-state index contributed by atoms with van der Waals surface area (Å²) in [7, 11) is -3.86. The molecule has 0 aliphatic carbocycles. The number of nitrogens with zero attached hydrogens (tertiary/aromatic N) is 1. The normalized spacial score (nSPS) is 14.0. The predicted molar refractivity (Wildman–Crippen MR) is 155 cm³/mol. The molecule has 0 unspecified atom stereocenters. The topological polar surface area (TPSA) is 57.6 Å². The first-order valence-corrected chi connectivity index (χ1v) is 22.9. The van der Waals surface area contributed by atoms with Crippen LogP contribution in [0.2, 0.25) is 13.3 Å². The maximum atomic E-state index is 14.5. The van der Waals surface area contributed by atoms with Gasteiger partial charge in [-0.25, -0.2) is 0 Å². The van der Waals surface area contributed by atoms with Crippen molar-refractivity contribution in [1.82, 2.24) is 4.31 Å². The molecular weight excluding hydrogens is 573 g/mol. The van der Waals surface area contributed by atoms with E-state index in [0.717, 1.165) is 44.1 Å². The SMILES string of the molecule is C=CC[C@@H](N([C@@H](CO)c1ccccc1)S(=O)(=O)c1ccccc1)[Sn]([CH2]CCC)([CH2]CCC)[CH2]CCC. The number of hydrogen-bond acceptors (Lipinski definition) is 3. The summed E-state index contributed by atoms with van der Waals surface area (Å²) < 4.78 is 34.2. The Morgan fingerprint density at radius 3 is 1.75 bits per heavy atom. The summed E-state index contributed by atoms with van der Waals surface area (Å²) in [6, 6.07) is 17.8. The van der Waals surface area contributed by atoms with E-state index in [1.807, 2.05) is 42.5 Å². The van der Waals surface area contributed by atoms with Crippen LogP contribution in [0, 0.1) is 0 Å². The molecule has 0 bridgehead atoms. The van der Waals surface area contributed by atoms with E-state index in [1.165, 1.54) is 13.3 Å². The third-order valence-electron chi connectivity index (χ3n) is 7.47. The molecule has 4 nitrogen and oxygen atoms in total. The third kappa shape index (κ3) is 7.92. The summed E-state index contributed by atoms with van der Waals surface area (Å²) in [5, 5.41) is 10.8. The van der Waals surface area contributed by atoms with E-state index in [9.17, 15) is 13.5 Å². The van der Waals surface area contributed by atoms with Crippen molar-refractivity contribution in [2.45, 2.75) is 94.0 Å². The summed E-state index contributed by atoms with van der Waals surface area (Å²) in [6.07, 6.45) is 9.35. The Kier molecular flexibility index (Phi) is 13.8. The van der Waals surface area contributed by atoms with Crippen LogP contribution in [0.4, 0.5) is 0 Å². The van der Waals surface area contributed by atoms with Gasteiger partial charge in [0.2, 0.25) is 0 Å². The van der Waals surface area contributed by atoms with Crippen LogP contribution in [-0.2, 0) is 10.0 Å². The van der Waals surface area contributed by atoms with Crippen LogP contribution in [0.3, 0.4) is 0 Å². The van der Waals surface area contributed by atoms with E-state index in [1.54, 1.807) is 28.6 Å². The van der Waals surface area contributed by atoms with Gasteiger partial charge in [-0.15, -0.1) is 0 Å². The van der Waals surface area contributed by atoms with Gasteiger partial charge in [0.05, 0.1) is 0 Å². The zero-order valence-corrected chi connectivity index (χ0v) is 26.3. The fourth-order valence-electron chi connectivity index (χ4n) is 5.52.